The second-order valence-corrected chi connectivity index (χ2v) is 3.77. The number of Topliss-reactive ketones (excluding diaryl/α,β-unsaturated/α-hetero) is 1. The zero-order valence-electron chi connectivity index (χ0n) is 9.34. The van der Waals surface area contributed by atoms with Gasteiger partial charge in [0.2, 0.25) is 0 Å². The number of furan rings is 1. The van der Waals surface area contributed by atoms with E-state index in [2.05, 4.69) is 18.7 Å². The molecule has 0 amide bonds. The van der Waals surface area contributed by atoms with E-state index in [1.807, 2.05) is 0 Å². The number of hydrogen-bond donors (Lipinski definition) is 0. The number of halogens is 1. The van der Waals surface area contributed by atoms with E-state index in [1.54, 1.807) is 6.07 Å². The molecule has 0 aliphatic rings. The maximum absolute atomic E-state index is 11.1. The number of carbonyl (C=O) groups is 1. The minimum absolute atomic E-state index is 0.0947. The van der Waals surface area contributed by atoms with Crippen molar-refractivity contribution < 1.29 is 9.21 Å². The van der Waals surface area contributed by atoms with Gasteiger partial charge in [0.1, 0.15) is 0 Å². The van der Waals surface area contributed by atoms with Crippen LogP contribution in [-0.2, 0) is 6.54 Å². The Morgan fingerprint density at radius 1 is 1.47 bits per heavy atom. The van der Waals surface area contributed by atoms with E-state index in [4.69, 9.17) is 16.0 Å². The Balaban J connectivity index is 2.81. The van der Waals surface area contributed by atoms with Gasteiger partial charge in [-0.3, -0.25) is 9.69 Å². The molecule has 0 saturated carbocycles. The van der Waals surface area contributed by atoms with E-state index in [0.29, 0.717) is 11.0 Å². The van der Waals surface area contributed by atoms with Crippen molar-refractivity contribution in [3.05, 3.63) is 22.6 Å². The van der Waals surface area contributed by atoms with E-state index in [1.165, 1.54) is 6.92 Å². The number of ketones is 1. The SMILES string of the molecule is CCN(CC)Cc1cc(C(C)=O)oc1Cl. The fraction of sp³-hybridized carbons (Fsp3) is 0.545. The summed E-state index contributed by atoms with van der Waals surface area (Å²) >= 11 is 5.90. The lowest BCUT2D eigenvalue weighted by Crippen LogP contribution is -2.21. The molecule has 0 saturated heterocycles. The Hall–Kier alpha value is -0.800. The number of nitrogens with zero attached hydrogens (tertiary/aromatic N) is 1. The molecule has 0 bridgehead atoms. The first-order valence-corrected chi connectivity index (χ1v) is 5.47. The summed E-state index contributed by atoms with van der Waals surface area (Å²) in [6.07, 6.45) is 0. The van der Waals surface area contributed by atoms with Crippen LogP contribution in [0.4, 0.5) is 0 Å². The predicted molar refractivity (Wildman–Crippen MR) is 60.3 cm³/mol. The molecule has 1 rings (SSSR count). The second-order valence-electron chi connectivity index (χ2n) is 3.43. The predicted octanol–water partition coefficient (Wildman–Crippen LogP) is 2.98. The molecule has 3 nitrogen and oxygen atoms in total. The van der Waals surface area contributed by atoms with Gasteiger partial charge in [-0.15, -0.1) is 0 Å². The average molecular weight is 230 g/mol. The Morgan fingerprint density at radius 2 is 2.07 bits per heavy atom. The summed E-state index contributed by atoms with van der Waals surface area (Å²) < 4.78 is 5.16. The molecular formula is C11H16ClNO2. The minimum atomic E-state index is -0.0947. The van der Waals surface area contributed by atoms with E-state index < -0.39 is 0 Å². The molecule has 0 N–H and O–H groups in total. The van der Waals surface area contributed by atoms with Crippen molar-refractivity contribution >= 4 is 17.4 Å². The Labute approximate surface area is 95.0 Å². The minimum Gasteiger partial charge on any atom is -0.441 e. The maximum Gasteiger partial charge on any atom is 0.198 e. The molecule has 0 fully saturated rings. The molecule has 0 aliphatic heterocycles. The monoisotopic (exact) mass is 229 g/mol. The van der Waals surface area contributed by atoms with Gasteiger partial charge < -0.3 is 4.42 Å². The van der Waals surface area contributed by atoms with Gasteiger partial charge in [-0.05, 0) is 30.8 Å². The summed E-state index contributed by atoms with van der Waals surface area (Å²) in [5, 5.41) is 0.326. The molecule has 0 aliphatic carbocycles. The molecule has 1 aromatic rings. The van der Waals surface area contributed by atoms with Crippen molar-refractivity contribution in [3.8, 4) is 0 Å². The van der Waals surface area contributed by atoms with Gasteiger partial charge in [0.25, 0.3) is 0 Å². The van der Waals surface area contributed by atoms with E-state index in [9.17, 15) is 4.79 Å². The Bertz CT molecular complexity index is 342. The summed E-state index contributed by atoms with van der Waals surface area (Å²) in [6, 6.07) is 1.73. The lowest BCUT2D eigenvalue weighted by atomic mass is 10.2. The normalized spacial score (nSPS) is 11.0. The third-order valence-corrected chi connectivity index (χ3v) is 2.71. The van der Waals surface area contributed by atoms with Crippen molar-refractivity contribution in [1.82, 2.24) is 4.90 Å². The van der Waals surface area contributed by atoms with Crippen molar-refractivity contribution in [2.24, 2.45) is 0 Å². The quantitative estimate of drug-likeness (QED) is 0.728. The highest BCUT2D eigenvalue weighted by molar-refractivity contribution is 6.29. The molecule has 0 unspecified atom stereocenters. The Kier molecular flexibility index (Phi) is 4.36. The summed E-state index contributed by atoms with van der Waals surface area (Å²) in [4.78, 5) is 13.3. The van der Waals surface area contributed by atoms with Crippen LogP contribution in [0.25, 0.3) is 0 Å². The molecule has 0 atom stereocenters. The van der Waals surface area contributed by atoms with Gasteiger partial charge >= 0.3 is 0 Å². The summed E-state index contributed by atoms with van der Waals surface area (Å²) in [7, 11) is 0. The molecule has 15 heavy (non-hydrogen) atoms. The van der Waals surface area contributed by atoms with Crippen molar-refractivity contribution in [2.45, 2.75) is 27.3 Å². The van der Waals surface area contributed by atoms with Crippen LogP contribution in [0.3, 0.4) is 0 Å². The van der Waals surface area contributed by atoms with Crippen LogP contribution in [-0.4, -0.2) is 23.8 Å². The molecule has 84 valence electrons. The molecule has 0 aromatic carbocycles. The van der Waals surface area contributed by atoms with Crippen LogP contribution >= 0.6 is 11.6 Å². The fourth-order valence-electron chi connectivity index (χ4n) is 1.38. The Morgan fingerprint density at radius 3 is 2.47 bits per heavy atom. The summed E-state index contributed by atoms with van der Waals surface area (Å²) in [5.74, 6) is 0.241. The smallest absolute Gasteiger partial charge is 0.198 e. The molecule has 0 radical (unpaired) electrons. The van der Waals surface area contributed by atoms with Gasteiger partial charge in [0.05, 0.1) is 0 Å². The highest BCUT2D eigenvalue weighted by Gasteiger charge is 2.13. The lowest BCUT2D eigenvalue weighted by molar-refractivity contribution is 0.0987. The second kappa shape index (κ2) is 5.33. The van der Waals surface area contributed by atoms with Crippen LogP contribution in [0.5, 0.6) is 0 Å². The zero-order chi connectivity index (χ0) is 11.4. The number of rotatable bonds is 5. The molecular weight excluding hydrogens is 214 g/mol. The topological polar surface area (TPSA) is 33.5 Å². The first-order valence-electron chi connectivity index (χ1n) is 5.10. The number of carbonyl (C=O) groups excluding carboxylic acids is 1. The van der Waals surface area contributed by atoms with Crippen LogP contribution in [0.1, 0.15) is 36.9 Å². The molecule has 1 aromatic heterocycles. The van der Waals surface area contributed by atoms with Gasteiger partial charge in [0, 0.05) is 19.0 Å². The molecule has 1 heterocycles. The van der Waals surface area contributed by atoms with Crippen LogP contribution in [0, 0.1) is 0 Å². The summed E-state index contributed by atoms with van der Waals surface area (Å²) in [6.45, 7) is 8.27. The summed E-state index contributed by atoms with van der Waals surface area (Å²) in [5.41, 5.74) is 0.880. The number of hydrogen-bond acceptors (Lipinski definition) is 3. The molecule has 0 spiro atoms. The molecule has 4 heteroatoms. The van der Waals surface area contributed by atoms with Crippen LogP contribution < -0.4 is 0 Å². The van der Waals surface area contributed by atoms with Gasteiger partial charge in [0.15, 0.2) is 16.8 Å². The van der Waals surface area contributed by atoms with Crippen molar-refractivity contribution in [2.75, 3.05) is 13.1 Å². The first kappa shape index (κ1) is 12.3. The lowest BCUT2D eigenvalue weighted by Gasteiger charge is -2.16. The maximum atomic E-state index is 11.1. The van der Waals surface area contributed by atoms with Crippen molar-refractivity contribution in [1.29, 1.82) is 0 Å². The van der Waals surface area contributed by atoms with E-state index in [0.717, 1.165) is 25.2 Å². The average Bonchev–Trinajstić information content (AvgIpc) is 2.56. The van der Waals surface area contributed by atoms with Crippen LogP contribution in [0.2, 0.25) is 5.22 Å². The standard InChI is InChI=1S/C11H16ClNO2/c1-4-13(5-2)7-9-6-10(8(3)14)15-11(9)12/h6H,4-5,7H2,1-3H3. The van der Waals surface area contributed by atoms with Crippen LogP contribution in [0.15, 0.2) is 10.5 Å². The zero-order valence-corrected chi connectivity index (χ0v) is 10.1. The van der Waals surface area contributed by atoms with Gasteiger partial charge in [-0.1, -0.05) is 13.8 Å². The van der Waals surface area contributed by atoms with Gasteiger partial charge in [-0.25, -0.2) is 0 Å². The third kappa shape index (κ3) is 3.08. The highest BCUT2D eigenvalue weighted by Crippen LogP contribution is 2.22. The third-order valence-electron chi connectivity index (χ3n) is 2.39. The van der Waals surface area contributed by atoms with Crippen molar-refractivity contribution in [3.63, 3.8) is 0 Å². The first-order chi connectivity index (χ1) is 7.08. The van der Waals surface area contributed by atoms with Gasteiger partial charge in [-0.2, -0.15) is 0 Å². The fourth-order valence-corrected chi connectivity index (χ4v) is 1.57. The highest BCUT2D eigenvalue weighted by atomic mass is 35.5. The van der Waals surface area contributed by atoms with E-state index >= 15 is 0 Å². The largest absolute Gasteiger partial charge is 0.441 e. The van der Waals surface area contributed by atoms with E-state index in [-0.39, 0.29) is 5.78 Å².